The molecule has 0 heterocycles. The summed E-state index contributed by atoms with van der Waals surface area (Å²) in [6.07, 6.45) is 0. The van der Waals surface area contributed by atoms with Gasteiger partial charge in [-0.05, 0) is 26.8 Å². The fourth-order valence-electron chi connectivity index (χ4n) is 0.781. The number of hydrogen-bond donors (Lipinski definition) is 3. The fourth-order valence-corrected chi connectivity index (χ4v) is 0.781. The Labute approximate surface area is 79.7 Å². The standard InChI is InChI=1S/C9H20N2O2/c1-6(5-12)7(2)11-9(13)8(3)10-4/h6-8,10,12H,5H2,1-4H3,(H,11,13). The van der Waals surface area contributed by atoms with Crippen LogP contribution >= 0.6 is 0 Å². The molecule has 0 saturated carbocycles. The lowest BCUT2D eigenvalue weighted by Gasteiger charge is -2.21. The van der Waals surface area contributed by atoms with Crippen LogP contribution in [0.2, 0.25) is 0 Å². The number of amides is 1. The molecule has 0 saturated heterocycles. The van der Waals surface area contributed by atoms with Crippen molar-refractivity contribution in [2.24, 2.45) is 5.92 Å². The molecule has 0 radical (unpaired) electrons. The van der Waals surface area contributed by atoms with Crippen molar-refractivity contribution in [2.45, 2.75) is 32.9 Å². The first-order valence-electron chi connectivity index (χ1n) is 4.61. The fraction of sp³-hybridized carbons (Fsp3) is 0.889. The van der Waals surface area contributed by atoms with E-state index >= 15 is 0 Å². The Bertz CT molecular complexity index is 162. The van der Waals surface area contributed by atoms with Crippen LogP contribution in [-0.4, -0.2) is 36.8 Å². The molecule has 0 fully saturated rings. The van der Waals surface area contributed by atoms with Gasteiger partial charge in [0.05, 0.1) is 6.04 Å². The van der Waals surface area contributed by atoms with Crippen molar-refractivity contribution < 1.29 is 9.90 Å². The predicted molar refractivity (Wildman–Crippen MR) is 52.4 cm³/mol. The average molecular weight is 188 g/mol. The van der Waals surface area contributed by atoms with Gasteiger partial charge in [0.2, 0.25) is 5.91 Å². The second-order valence-electron chi connectivity index (χ2n) is 3.47. The van der Waals surface area contributed by atoms with Crippen LogP contribution in [-0.2, 0) is 4.79 Å². The minimum Gasteiger partial charge on any atom is -0.396 e. The molecule has 0 bridgehead atoms. The van der Waals surface area contributed by atoms with E-state index in [1.165, 1.54) is 0 Å². The largest absolute Gasteiger partial charge is 0.396 e. The van der Waals surface area contributed by atoms with Gasteiger partial charge in [-0.25, -0.2) is 0 Å². The van der Waals surface area contributed by atoms with Gasteiger partial charge in [-0.15, -0.1) is 0 Å². The summed E-state index contributed by atoms with van der Waals surface area (Å²) in [6, 6.07) is -0.179. The molecule has 1 amide bonds. The molecule has 0 aromatic carbocycles. The highest BCUT2D eigenvalue weighted by atomic mass is 16.3. The molecule has 0 aliphatic rings. The quantitative estimate of drug-likeness (QED) is 0.556. The second kappa shape index (κ2) is 5.94. The molecular weight excluding hydrogens is 168 g/mol. The molecule has 4 heteroatoms. The first-order chi connectivity index (χ1) is 6.02. The lowest BCUT2D eigenvalue weighted by atomic mass is 10.0. The third-order valence-corrected chi connectivity index (χ3v) is 2.34. The van der Waals surface area contributed by atoms with Crippen molar-refractivity contribution in [2.75, 3.05) is 13.7 Å². The molecule has 0 aromatic rings. The zero-order valence-electron chi connectivity index (χ0n) is 8.79. The lowest BCUT2D eigenvalue weighted by Crippen LogP contribution is -2.46. The Balaban J connectivity index is 3.91. The Morgan fingerprint density at radius 3 is 2.31 bits per heavy atom. The Morgan fingerprint density at radius 2 is 1.92 bits per heavy atom. The SMILES string of the molecule is CNC(C)C(=O)NC(C)C(C)CO. The Morgan fingerprint density at radius 1 is 1.38 bits per heavy atom. The van der Waals surface area contributed by atoms with Crippen LogP contribution in [0.1, 0.15) is 20.8 Å². The normalized spacial score (nSPS) is 17.6. The Hall–Kier alpha value is -0.610. The van der Waals surface area contributed by atoms with E-state index in [1.807, 2.05) is 13.8 Å². The molecule has 0 aliphatic heterocycles. The summed E-state index contributed by atoms with van der Waals surface area (Å²) >= 11 is 0. The molecule has 0 rings (SSSR count). The lowest BCUT2D eigenvalue weighted by molar-refractivity contribution is -0.123. The number of rotatable bonds is 5. The molecule has 4 nitrogen and oxygen atoms in total. The highest BCUT2D eigenvalue weighted by Gasteiger charge is 2.16. The van der Waals surface area contributed by atoms with E-state index in [0.717, 1.165) is 0 Å². The van der Waals surface area contributed by atoms with Crippen LogP contribution in [0.4, 0.5) is 0 Å². The summed E-state index contributed by atoms with van der Waals surface area (Å²) in [6.45, 7) is 5.68. The van der Waals surface area contributed by atoms with Crippen LogP contribution in [0.15, 0.2) is 0 Å². The summed E-state index contributed by atoms with van der Waals surface area (Å²) in [5, 5.41) is 14.5. The van der Waals surface area contributed by atoms with E-state index in [0.29, 0.717) is 0 Å². The van der Waals surface area contributed by atoms with Gasteiger partial charge in [0.1, 0.15) is 0 Å². The van der Waals surface area contributed by atoms with Crippen molar-refractivity contribution >= 4 is 5.91 Å². The monoisotopic (exact) mass is 188 g/mol. The van der Waals surface area contributed by atoms with Crippen molar-refractivity contribution in [3.05, 3.63) is 0 Å². The molecule has 3 unspecified atom stereocenters. The minimum atomic E-state index is -0.187. The molecular formula is C9H20N2O2. The van der Waals surface area contributed by atoms with Gasteiger partial charge in [-0.2, -0.15) is 0 Å². The van der Waals surface area contributed by atoms with Crippen LogP contribution in [0.3, 0.4) is 0 Å². The van der Waals surface area contributed by atoms with Crippen LogP contribution in [0.5, 0.6) is 0 Å². The van der Waals surface area contributed by atoms with Crippen LogP contribution < -0.4 is 10.6 Å². The zero-order chi connectivity index (χ0) is 10.4. The number of aliphatic hydroxyl groups excluding tert-OH is 1. The predicted octanol–water partition coefficient (Wildman–Crippen LogP) is -0.273. The summed E-state index contributed by atoms with van der Waals surface area (Å²) < 4.78 is 0. The van der Waals surface area contributed by atoms with E-state index in [-0.39, 0.29) is 30.5 Å². The van der Waals surface area contributed by atoms with Gasteiger partial charge in [0, 0.05) is 12.6 Å². The third-order valence-electron chi connectivity index (χ3n) is 2.34. The smallest absolute Gasteiger partial charge is 0.237 e. The van der Waals surface area contributed by atoms with Crippen molar-refractivity contribution in [3.8, 4) is 0 Å². The molecule has 3 N–H and O–H groups in total. The van der Waals surface area contributed by atoms with Gasteiger partial charge >= 0.3 is 0 Å². The number of likely N-dealkylation sites (N-methyl/N-ethyl adjacent to an activating group) is 1. The Kier molecular flexibility index (Phi) is 5.66. The van der Waals surface area contributed by atoms with Crippen molar-refractivity contribution in [1.82, 2.24) is 10.6 Å². The van der Waals surface area contributed by atoms with Gasteiger partial charge in [-0.3, -0.25) is 4.79 Å². The highest BCUT2D eigenvalue weighted by Crippen LogP contribution is 2.00. The second-order valence-corrected chi connectivity index (χ2v) is 3.47. The molecule has 0 spiro atoms. The van der Waals surface area contributed by atoms with E-state index in [4.69, 9.17) is 5.11 Å². The highest BCUT2D eigenvalue weighted by molar-refractivity contribution is 5.81. The van der Waals surface area contributed by atoms with Crippen LogP contribution in [0.25, 0.3) is 0 Å². The zero-order valence-corrected chi connectivity index (χ0v) is 8.79. The van der Waals surface area contributed by atoms with Crippen molar-refractivity contribution in [3.63, 3.8) is 0 Å². The maximum atomic E-state index is 11.3. The molecule has 78 valence electrons. The summed E-state index contributed by atoms with van der Waals surface area (Å²) in [7, 11) is 1.74. The molecule has 3 atom stereocenters. The van der Waals surface area contributed by atoms with Gasteiger partial charge in [0.15, 0.2) is 0 Å². The third kappa shape index (κ3) is 4.24. The number of carbonyl (C=O) groups excluding carboxylic acids is 1. The summed E-state index contributed by atoms with van der Waals surface area (Å²) in [5.41, 5.74) is 0. The van der Waals surface area contributed by atoms with Gasteiger partial charge in [0.25, 0.3) is 0 Å². The van der Waals surface area contributed by atoms with Gasteiger partial charge < -0.3 is 15.7 Å². The first kappa shape index (κ1) is 12.4. The molecule has 0 aliphatic carbocycles. The number of aliphatic hydroxyl groups is 1. The summed E-state index contributed by atoms with van der Waals surface area (Å²) in [4.78, 5) is 11.3. The topological polar surface area (TPSA) is 61.4 Å². The van der Waals surface area contributed by atoms with Crippen molar-refractivity contribution in [1.29, 1.82) is 0 Å². The maximum absolute atomic E-state index is 11.3. The number of hydrogen-bond acceptors (Lipinski definition) is 3. The maximum Gasteiger partial charge on any atom is 0.237 e. The number of nitrogens with one attached hydrogen (secondary N) is 2. The van der Waals surface area contributed by atoms with E-state index in [9.17, 15) is 4.79 Å². The van der Waals surface area contributed by atoms with E-state index in [2.05, 4.69) is 10.6 Å². The van der Waals surface area contributed by atoms with E-state index in [1.54, 1.807) is 14.0 Å². The average Bonchev–Trinajstić information content (AvgIpc) is 2.14. The van der Waals surface area contributed by atoms with Gasteiger partial charge in [-0.1, -0.05) is 6.92 Å². The molecule has 13 heavy (non-hydrogen) atoms. The first-order valence-corrected chi connectivity index (χ1v) is 4.61. The number of carbonyl (C=O) groups is 1. The minimum absolute atomic E-state index is 0.00769. The summed E-state index contributed by atoms with van der Waals surface area (Å²) in [5.74, 6) is 0.0586. The van der Waals surface area contributed by atoms with Crippen LogP contribution in [0, 0.1) is 5.92 Å². The van der Waals surface area contributed by atoms with E-state index < -0.39 is 0 Å². The molecule has 0 aromatic heterocycles.